The lowest BCUT2D eigenvalue weighted by molar-refractivity contribution is 0.685. The Kier molecular flexibility index (Phi) is 13.5. The molecular formula is C24H39N5. The maximum Gasteiger partial charge on any atom is 0.106 e. The topological polar surface area (TPSA) is 88.5 Å². The maximum absolute atomic E-state index is 5.50. The molecule has 0 saturated heterocycles. The van der Waals surface area contributed by atoms with Crippen molar-refractivity contribution >= 4 is 6.34 Å². The fourth-order valence-electron chi connectivity index (χ4n) is 2.55. The Bertz CT molecular complexity index is 692. The number of nitrogens with zero attached hydrogens (tertiary/aromatic N) is 1. The summed E-state index contributed by atoms with van der Waals surface area (Å²) >= 11 is 0. The maximum atomic E-state index is 5.50. The monoisotopic (exact) mass is 397 g/mol. The Balaban J connectivity index is 5.01. The minimum atomic E-state index is -0.277. The predicted octanol–water partition coefficient (Wildman–Crippen LogP) is 4.56. The van der Waals surface area contributed by atoms with Crippen LogP contribution < -0.4 is 22.2 Å². The van der Waals surface area contributed by atoms with Crippen molar-refractivity contribution in [2.24, 2.45) is 16.6 Å². The zero-order chi connectivity index (χ0) is 22.2. The van der Waals surface area contributed by atoms with Crippen molar-refractivity contribution in [1.29, 1.82) is 0 Å². The molecule has 0 rings (SSSR count). The van der Waals surface area contributed by atoms with Gasteiger partial charge in [0.25, 0.3) is 0 Å². The molecule has 0 spiro atoms. The minimum absolute atomic E-state index is 0.277. The highest BCUT2D eigenvalue weighted by Crippen LogP contribution is 2.20. The van der Waals surface area contributed by atoms with Crippen LogP contribution >= 0.6 is 0 Å². The van der Waals surface area contributed by atoms with Crippen LogP contribution in [-0.2, 0) is 0 Å². The van der Waals surface area contributed by atoms with Gasteiger partial charge in [-0.3, -0.25) is 5.43 Å². The van der Waals surface area contributed by atoms with Gasteiger partial charge in [0.2, 0.25) is 0 Å². The van der Waals surface area contributed by atoms with Gasteiger partial charge in [0.15, 0.2) is 0 Å². The van der Waals surface area contributed by atoms with Crippen LogP contribution in [0.4, 0.5) is 0 Å². The van der Waals surface area contributed by atoms with Crippen molar-refractivity contribution in [1.82, 2.24) is 10.7 Å². The summed E-state index contributed by atoms with van der Waals surface area (Å²) in [5.41, 5.74) is 20.2. The van der Waals surface area contributed by atoms with Gasteiger partial charge in [0, 0.05) is 12.2 Å². The first-order valence-corrected chi connectivity index (χ1v) is 9.99. The van der Waals surface area contributed by atoms with E-state index in [9.17, 15) is 0 Å². The smallest absolute Gasteiger partial charge is 0.106 e. The van der Waals surface area contributed by atoms with Crippen molar-refractivity contribution in [3.05, 3.63) is 84.3 Å². The third-order valence-corrected chi connectivity index (χ3v) is 4.77. The molecule has 0 radical (unpaired) electrons. The summed E-state index contributed by atoms with van der Waals surface area (Å²) in [6, 6.07) is -0.277. The van der Waals surface area contributed by atoms with Crippen LogP contribution in [0, 0.1) is 0 Å². The molecule has 160 valence electrons. The average molecular weight is 398 g/mol. The van der Waals surface area contributed by atoms with Gasteiger partial charge in [-0.25, -0.2) is 0 Å². The summed E-state index contributed by atoms with van der Waals surface area (Å²) in [7, 11) is 0. The zero-order valence-electron chi connectivity index (χ0n) is 18.4. The molecule has 0 saturated carbocycles. The molecule has 0 aliphatic carbocycles. The largest absolute Gasteiger partial charge is 0.405 e. The molecule has 1 unspecified atom stereocenters. The molecule has 0 aromatic rings. The molecule has 1 atom stereocenters. The summed E-state index contributed by atoms with van der Waals surface area (Å²) in [5, 5.41) is 7.19. The second kappa shape index (κ2) is 15.0. The fraction of sp³-hybridized carbons (Fsp3) is 0.375. The number of hydrogen-bond donors (Lipinski definition) is 4. The van der Waals surface area contributed by atoms with Gasteiger partial charge in [-0.05, 0) is 56.0 Å². The third kappa shape index (κ3) is 10.2. The third-order valence-electron chi connectivity index (χ3n) is 4.77. The predicted molar refractivity (Wildman–Crippen MR) is 129 cm³/mol. The number of hydrogen-bond acceptors (Lipinski definition) is 4. The lowest BCUT2D eigenvalue weighted by atomic mass is 9.97. The molecule has 0 aliphatic rings. The van der Waals surface area contributed by atoms with E-state index in [-0.39, 0.29) is 6.04 Å². The van der Waals surface area contributed by atoms with Gasteiger partial charge in [-0.1, -0.05) is 69.0 Å². The van der Waals surface area contributed by atoms with Crippen molar-refractivity contribution in [2.45, 2.75) is 52.5 Å². The Morgan fingerprint density at radius 1 is 1.14 bits per heavy atom. The highest BCUT2D eigenvalue weighted by Gasteiger charge is 2.11. The van der Waals surface area contributed by atoms with E-state index in [2.05, 4.69) is 69.0 Å². The molecule has 0 aromatic carbocycles. The molecule has 0 bridgehead atoms. The van der Waals surface area contributed by atoms with Gasteiger partial charge in [0.05, 0.1) is 6.04 Å². The van der Waals surface area contributed by atoms with Crippen LogP contribution in [0.2, 0.25) is 0 Å². The number of nitrogens with one attached hydrogen (secondary N) is 2. The van der Waals surface area contributed by atoms with Crippen LogP contribution in [0.1, 0.15) is 46.5 Å². The molecule has 6 N–H and O–H groups in total. The Labute approximate surface area is 177 Å². The highest BCUT2D eigenvalue weighted by molar-refractivity contribution is 5.50. The summed E-state index contributed by atoms with van der Waals surface area (Å²) in [5.74, 6) is 0. The Morgan fingerprint density at radius 2 is 1.83 bits per heavy atom. The second-order valence-corrected chi connectivity index (χ2v) is 6.84. The van der Waals surface area contributed by atoms with E-state index in [1.807, 2.05) is 6.08 Å². The van der Waals surface area contributed by atoms with Crippen molar-refractivity contribution in [3.63, 3.8) is 0 Å². The normalized spacial score (nSPS) is 13.8. The first kappa shape index (κ1) is 26.1. The van der Waals surface area contributed by atoms with E-state index < -0.39 is 0 Å². The van der Waals surface area contributed by atoms with Crippen LogP contribution in [0.15, 0.2) is 89.4 Å². The molecule has 0 aromatic heterocycles. The van der Waals surface area contributed by atoms with E-state index in [4.69, 9.17) is 11.5 Å². The fourth-order valence-corrected chi connectivity index (χ4v) is 2.55. The summed E-state index contributed by atoms with van der Waals surface area (Å²) in [6.45, 7) is 23.4. The summed E-state index contributed by atoms with van der Waals surface area (Å²) < 4.78 is 0. The van der Waals surface area contributed by atoms with E-state index >= 15 is 0 Å². The van der Waals surface area contributed by atoms with E-state index in [1.165, 1.54) is 34.8 Å². The van der Waals surface area contributed by atoms with Crippen LogP contribution in [-0.4, -0.2) is 18.9 Å². The first-order valence-electron chi connectivity index (χ1n) is 9.99. The minimum Gasteiger partial charge on any atom is -0.405 e. The summed E-state index contributed by atoms with van der Waals surface area (Å²) in [4.78, 5) is 0. The quantitative estimate of drug-likeness (QED) is 0.107. The second-order valence-electron chi connectivity index (χ2n) is 6.84. The van der Waals surface area contributed by atoms with E-state index in [1.54, 1.807) is 6.08 Å². The molecule has 0 heterocycles. The van der Waals surface area contributed by atoms with Gasteiger partial charge >= 0.3 is 0 Å². The molecule has 29 heavy (non-hydrogen) atoms. The van der Waals surface area contributed by atoms with Crippen molar-refractivity contribution in [2.75, 3.05) is 6.54 Å². The standard InChI is InChI=1S/C24H39N5/c1-8-18(4)15-23(10-3)19(5)11-12-22(9-2)16-27-21(7)20(6)24(13-14-25)29-28-17-26/h10,12-14,17,24,27,29H,3-4,6-9,11,15-16,25H2,1-2,5H3,(H2,26,28)/b14-13?,22-12?,23-19+. The van der Waals surface area contributed by atoms with Crippen LogP contribution in [0.5, 0.6) is 0 Å². The SMILES string of the molecule is C=C/C(CC(=C)CC)=C(/C)CC=C(CC)CNC(=C)C(=C)C(C=CN)N/N=C/N. The van der Waals surface area contributed by atoms with Gasteiger partial charge < -0.3 is 16.8 Å². The lowest BCUT2D eigenvalue weighted by Gasteiger charge is -2.19. The van der Waals surface area contributed by atoms with Gasteiger partial charge in [-0.15, -0.1) is 0 Å². The Hall–Kier alpha value is -2.95. The zero-order valence-corrected chi connectivity index (χ0v) is 18.4. The summed E-state index contributed by atoms with van der Waals surface area (Å²) in [6.07, 6.45) is 12.3. The Morgan fingerprint density at radius 3 is 2.34 bits per heavy atom. The average Bonchev–Trinajstić information content (AvgIpc) is 2.73. The van der Waals surface area contributed by atoms with Gasteiger partial charge in [-0.2, -0.15) is 5.10 Å². The number of hydrazone groups is 1. The highest BCUT2D eigenvalue weighted by atomic mass is 15.3. The van der Waals surface area contributed by atoms with Crippen molar-refractivity contribution in [3.8, 4) is 0 Å². The van der Waals surface area contributed by atoms with Crippen LogP contribution in [0.25, 0.3) is 0 Å². The van der Waals surface area contributed by atoms with Crippen molar-refractivity contribution < 1.29 is 0 Å². The van der Waals surface area contributed by atoms with Crippen LogP contribution in [0.3, 0.4) is 0 Å². The molecule has 5 heteroatoms. The first-order chi connectivity index (χ1) is 13.8. The molecule has 5 nitrogen and oxygen atoms in total. The molecular weight excluding hydrogens is 358 g/mol. The molecule has 0 aliphatic heterocycles. The number of allylic oxidation sites excluding steroid dienone is 5. The van der Waals surface area contributed by atoms with E-state index in [0.717, 1.165) is 37.0 Å². The molecule has 0 fully saturated rings. The molecule has 0 amide bonds. The van der Waals surface area contributed by atoms with Gasteiger partial charge in [0.1, 0.15) is 6.34 Å². The van der Waals surface area contributed by atoms with E-state index in [0.29, 0.717) is 6.54 Å². The number of nitrogens with two attached hydrogens (primary N) is 2. The number of rotatable bonds is 15. The lowest BCUT2D eigenvalue weighted by Crippen LogP contribution is -2.30.